The number of halogens is 1. The second-order valence-corrected chi connectivity index (χ2v) is 6.89. The fourth-order valence-corrected chi connectivity index (χ4v) is 2.68. The minimum atomic E-state index is -0.356. The molecule has 0 spiro atoms. The van der Waals surface area contributed by atoms with E-state index in [1.54, 1.807) is 6.07 Å². The van der Waals surface area contributed by atoms with Gasteiger partial charge >= 0.3 is 0 Å². The number of aliphatic hydroxyl groups is 1. The van der Waals surface area contributed by atoms with Crippen LogP contribution >= 0.6 is 0 Å². The van der Waals surface area contributed by atoms with Crippen LogP contribution in [0.2, 0.25) is 0 Å². The van der Waals surface area contributed by atoms with Crippen molar-refractivity contribution in [2.75, 3.05) is 13.2 Å². The number of hydrogen-bond acceptors (Lipinski definition) is 4. The van der Waals surface area contributed by atoms with Crippen molar-refractivity contribution in [1.82, 2.24) is 10.3 Å². The second kappa shape index (κ2) is 9.64. The van der Waals surface area contributed by atoms with E-state index >= 15 is 0 Å². The summed E-state index contributed by atoms with van der Waals surface area (Å²) in [5.74, 6) is 0.647. The molecule has 1 heterocycles. The lowest BCUT2D eigenvalue weighted by atomic mass is 10.0. The van der Waals surface area contributed by atoms with Gasteiger partial charge in [-0.15, -0.1) is 0 Å². The van der Waals surface area contributed by atoms with Gasteiger partial charge in [0.25, 0.3) is 0 Å². The van der Waals surface area contributed by atoms with E-state index in [1.165, 1.54) is 6.07 Å². The predicted molar refractivity (Wildman–Crippen MR) is 103 cm³/mol. The van der Waals surface area contributed by atoms with Crippen molar-refractivity contribution in [1.29, 1.82) is 0 Å². The molecular weight excluding hydrogens is 331 g/mol. The Hall–Kier alpha value is -1.98. The molecule has 1 aromatic carbocycles. The molecule has 0 aliphatic rings. The Kier molecular flexibility index (Phi) is 7.54. The summed E-state index contributed by atoms with van der Waals surface area (Å²) < 4.78 is 20.1. The van der Waals surface area contributed by atoms with Crippen molar-refractivity contribution in [3.8, 4) is 17.0 Å². The molecule has 1 atom stereocenters. The number of aryl methyl sites for hydroxylation is 1. The Labute approximate surface area is 155 Å². The summed E-state index contributed by atoms with van der Waals surface area (Å²) in [7, 11) is 0. The first kappa shape index (κ1) is 20.3. The van der Waals surface area contributed by atoms with Gasteiger partial charge in [0.05, 0.1) is 24.6 Å². The van der Waals surface area contributed by atoms with Crippen LogP contribution in [0.1, 0.15) is 38.4 Å². The first-order chi connectivity index (χ1) is 12.5. The molecule has 0 bridgehead atoms. The van der Waals surface area contributed by atoms with Gasteiger partial charge in [-0.25, -0.2) is 9.37 Å². The lowest BCUT2D eigenvalue weighted by molar-refractivity contribution is 0.209. The Balaban J connectivity index is 2.30. The molecule has 0 aliphatic heterocycles. The van der Waals surface area contributed by atoms with E-state index in [0.717, 1.165) is 23.3 Å². The van der Waals surface area contributed by atoms with Crippen LogP contribution in [0.25, 0.3) is 11.3 Å². The lowest BCUT2D eigenvalue weighted by Crippen LogP contribution is -2.36. The van der Waals surface area contributed by atoms with Crippen molar-refractivity contribution in [3.05, 3.63) is 47.4 Å². The fourth-order valence-electron chi connectivity index (χ4n) is 2.68. The van der Waals surface area contributed by atoms with Crippen LogP contribution in [-0.2, 0) is 6.54 Å². The monoisotopic (exact) mass is 360 g/mol. The molecule has 0 aliphatic carbocycles. The van der Waals surface area contributed by atoms with Gasteiger partial charge in [0, 0.05) is 18.2 Å². The van der Waals surface area contributed by atoms with Gasteiger partial charge in [-0.05, 0) is 43.5 Å². The molecule has 4 nitrogen and oxygen atoms in total. The topological polar surface area (TPSA) is 54.4 Å². The number of aliphatic hydroxyl groups excluding tert-OH is 1. The SMILES string of the molecule is CCCOc1ccc(C)cc1-c1ccc(F)c(CN[C@@H](CO)C(C)C)n1. The Morgan fingerprint density at radius 2 is 2.00 bits per heavy atom. The normalized spacial score (nSPS) is 12.4. The molecule has 26 heavy (non-hydrogen) atoms. The molecule has 0 amide bonds. The molecule has 1 aromatic heterocycles. The predicted octanol–water partition coefficient (Wildman–Crippen LogP) is 4.09. The van der Waals surface area contributed by atoms with E-state index in [2.05, 4.69) is 17.2 Å². The number of nitrogens with one attached hydrogen (secondary N) is 1. The van der Waals surface area contributed by atoms with Crippen LogP contribution < -0.4 is 10.1 Å². The zero-order valence-electron chi connectivity index (χ0n) is 16.1. The quantitative estimate of drug-likeness (QED) is 0.707. The van der Waals surface area contributed by atoms with Crippen molar-refractivity contribution < 1.29 is 14.2 Å². The summed E-state index contributed by atoms with van der Waals surface area (Å²) >= 11 is 0. The third-order valence-corrected chi connectivity index (χ3v) is 4.32. The van der Waals surface area contributed by atoms with E-state index in [0.29, 0.717) is 18.0 Å². The van der Waals surface area contributed by atoms with Crippen LogP contribution in [0.3, 0.4) is 0 Å². The zero-order valence-corrected chi connectivity index (χ0v) is 16.1. The maximum Gasteiger partial charge on any atom is 0.146 e. The molecule has 2 N–H and O–H groups in total. The van der Waals surface area contributed by atoms with Crippen LogP contribution in [-0.4, -0.2) is 29.3 Å². The number of aromatic nitrogens is 1. The van der Waals surface area contributed by atoms with E-state index in [1.807, 2.05) is 39.0 Å². The highest BCUT2D eigenvalue weighted by Crippen LogP contribution is 2.30. The highest BCUT2D eigenvalue weighted by Gasteiger charge is 2.15. The third-order valence-electron chi connectivity index (χ3n) is 4.32. The summed E-state index contributed by atoms with van der Waals surface area (Å²) in [5, 5.41) is 12.6. The molecule has 142 valence electrons. The van der Waals surface area contributed by atoms with Crippen molar-refractivity contribution in [2.45, 2.75) is 46.7 Å². The highest BCUT2D eigenvalue weighted by molar-refractivity contribution is 5.68. The van der Waals surface area contributed by atoms with Crippen LogP contribution in [0, 0.1) is 18.7 Å². The number of rotatable bonds is 9. The third kappa shape index (κ3) is 5.26. The summed E-state index contributed by atoms with van der Waals surface area (Å²) in [6.07, 6.45) is 0.914. The van der Waals surface area contributed by atoms with E-state index in [9.17, 15) is 9.50 Å². The van der Waals surface area contributed by atoms with Gasteiger partial charge < -0.3 is 15.2 Å². The summed E-state index contributed by atoms with van der Waals surface area (Å²) in [6, 6.07) is 8.96. The molecule has 0 radical (unpaired) electrons. The van der Waals surface area contributed by atoms with E-state index in [-0.39, 0.29) is 30.9 Å². The van der Waals surface area contributed by atoms with Gasteiger partial charge in [0.1, 0.15) is 11.6 Å². The Morgan fingerprint density at radius 1 is 1.23 bits per heavy atom. The summed E-state index contributed by atoms with van der Waals surface area (Å²) in [5.41, 5.74) is 2.98. The first-order valence-electron chi connectivity index (χ1n) is 9.19. The molecule has 0 fully saturated rings. The van der Waals surface area contributed by atoms with Crippen LogP contribution in [0.15, 0.2) is 30.3 Å². The lowest BCUT2D eigenvalue weighted by Gasteiger charge is -2.20. The standard InChI is InChI=1S/C21H29FN2O2/c1-5-10-26-21-9-6-15(4)11-16(21)18-8-7-17(22)19(24-18)12-23-20(13-25)14(2)3/h6-9,11,14,20,23,25H,5,10,12-13H2,1-4H3/t20-/m0/s1. The highest BCUT2D eigenvalue weighted by atomic mass is 19.1. The largest absolute Gasteiger partial charge is 0.493 e. The average molecular weight is 360 g/mol. The molecular formula is C21H29FN2O2. The molecule has 0 saturated carbocycles. The maximum absolute atomic E-state index is 14.2. The van der Waals surface area contributed by atoms with E-state index in [4.69, 9.17) is 4.74 Å². The number of ether oxygens (including phenoxy) is 1. The molecule has 0 unspecified atom stereocenters. The van der Waals surface area contributed by atoms with Crippen molar-refractivity contribution in [2.24, 2.45) is 5.92 Å². The molecule has 2 aromatic rings. The number of hydrogen-bond donors (Lipinski definition) is 2. The van der Waals surface area contributed by atoms with Crippen LogP contribution in [0.4, 0.5) is 4.39 Å². The second-order valence-electron chi connectivity index (χ2n) is 6.89. The Bertz CT molecular complexity index is 719. The molecule has 0 saturated heterocycles. The van der Waals surface area contributed by atoms with Crippen molar-refractivity contribution >= 4 is 0 Å². The zero-order chi connectivity index (χ0) is 19.1. The molecule has 5 heteroatoms. The van der Waals surface area contributed by atoms with Gasteiger partial charge in [0.2, 0.25) is 0 Å². The van der Waals surface area contributed by atoms with Gasteiger partial charge in [-0.2, -0.15) is 0 Å². The average Bonchev–Trinajstić information content (AvgIpc) is 2.62. The summed E-state index contributed by atoms with van der Waals surface area (Å²) in [6.45, 7) is 8.98. The Morgan fingerprint density at radius 3 is 2.65 bits per heavy atom. The number of nitrogens with zero attached hydrogens (tertiary/aromatic N) is 1. The fraction of sp³-hybridized carbons (Fsp3) is 0.476. The minimum absolute atomic E-state index is 0.00582. The first-order valence-corrected chi connectivity index (χ1v) is 9.19. The minimum Gasteiger partial charge on any atom is -0.493 e. The van der Waals surface area contributed by atoms with Gasteiger partial charge in [-0.3, -0.25) is 0 Å². The van der Waals surface area contributed by atoms with Gasteiger partial charge in [0.15, 0.2) is 0 Å². The van der Waals surface area contributed by atoms with Crippen molar-refractivity contribution in [3.63, 3.8) is 0 Å². The van der Waals surface area contributed by atoms with E-state index < -0.39 is 0 Å². The van der Waals surface area contributed by atoms with Gasteiger partial charge in [-0.1, -0.05) is 32.4 Å². The summed E-state index contributed by atoms with van der Waals surface area (Å²) in [4.78, 5) is 4.52. The maximum atomic E-state index is 14.2. The number of pyridine rings is 1. The van der Waals surface area contributed by atoms with Crippen LogP contribution in [0.5, 0.6) is 5.75 Å². The molecule has 2 rings (SSSR count). The smallest absolute Gasteiger partial charge is 0.146 e. The number of benzene rings is 1.